The average molecular weight is 248 g/mol. The smallest absolute Gasteiger partial charge is 0.129 e. The first-order chi connectivity index (χ1) is 9.34. The minimum absolute atomic E-state index is 0.492. The number of rotatable bonds is 0. The van der Waals surface area contributed by atoms with E-state index in [4.69, 9.17) is 0 Å². The Labute approximate surface area is 111 Å². The van der Waals surface area contributed by atoms with Crippen molar-refractivity contribution in [2.75, 3.05) is 0 Å². The van der Waals surface area contributed by atoms with Crippen molar-refractivity contribution in [1.82, 2.24) is 0 Å². The molecule has 0 spiro atoms. The molecule has 3 aromatic carbocycles. The van der Waals surface area contributed by atoms with E-state index in [2.05, 4.69) is 42.5 Å². The largest absolute Gasteiger partial charge is 0.242 e. The number of halogens is 1. The van der Waals surface area contributed by atoms with Crippen LogP contribution in [0, 0.1) is 0 Å². The van der Waals surface area contributed by atoms with Gasteiger partial charge in [-0.2, -0.15) is 0 Å². The van der Waals surface area contributed by atoms with Crippen molar-refractivity contribution in [1.29, 1.82) is 0 Å². The van der Waals surface area contributed by atoms with E-state index < -0.39 is 6.17 Å². The van der Waals surface area contributed by atoms with E-state index in [1.165, 1.54) is 16.2 Å². The Morgan fingerprint density at radius 3 is 2.63 bits per heavy atom. The fraction of sp³-hybridized carbons (Fsp3) is 0.111. The van der Waals surface area contributed by atoms with Crippen LogP contribution in [-0.4, -0.2) is 0 Å². The summed E-state index contributed by atoms with van der Waals surface area (Å²) in [6.07, 6.45) is 3.62. The van der Waals surface area contributed by atoms with Crippen LogP contribution in [0.1, 0.15) is 23.7 Å². The number of alkyl halides is 1. The van der Waals surface area contributed by atoms with Crippen molar-refractivity contribution in [3.05, 3.63) is 65.7 Å². The lowest BCUT2D eigenvalue weighted by Crippen LogP contribution is -1.99. The summed E-state index contributed by atoms with van der Waals surface area (Å²) in [7, 11) is 0. The van der Waals surface area contributed by atoms with Gasteiger partial charge >= 0.3 is 0 Å². The minimum Gasteiger partial charge on any atom is -0.242 e. The quantitative estimate of drug-likeness (QED) is 0.466. The second kappa shape index (κ2) is 3.92. The zero-order valence-electron chi connectivity index (χ0n) is 10.4. The normalized spacial score (nSPS) is 17.8. The lowest BCUT2D eigenvalue weighted by Gasteiger charge is -2.17. The van der Waals surface area contributed by atoms with E-state index >= 15 is 0 Å². The number of hydrogen-bond donors (Lipinski definition) is 0. The Morgan fingerprint density at radius 1 is 0.842 bits per heavy atom. The van der Waals surface area contributed by atoms with Crippen LogP contribution in [0.25, 0.3) is 27.6 Å². The van der Waals surface area contributed by atoms with Crippen molar-refractivity contribution < 1.29 is 4.39 Å². The summed E-state index contributed by atoms with van der Waals surface area (Å²) in [4.78, 5) is 0. The molecule has 1 aliphatic rings. The van der Waals surface area contributed by atoms with Gasteiger partial charge in [0.25, 0.3) is 0 Å². The van der Waals surface area contributed by atoms with Crippen LogP contribution < -0.4 is 0 Å². The summed E-state index contributed by atoms with van der Waals surface area (Å²) < 4.78 is 14.0. The van der Waals surface area contributed by atoms with Gasteiger partial charge in [-0.1, -0.05) is 60.7 Å². The van der Waals surface area contributed by atoms with Gasteiger partial charge in [-0.15, -0.1) is 0 Å². The molecule has 0 radical (unpaired) electrons. The molecule has 0 saturated carbocycles. The molecule has 0 aromatic heterocycles. The van der Waals surface area contributed by atoms with Crippen molar-refractivity contribution in [2.24, 2.45) is 0 Å². The molecule has 0 amide bonds. The molecule has 0 fully saturated rings. The standard InChI is InChI=1S/C18H13F/c19-18-7-3-6-14-16-9-8-12-4-1-2-5-13(12)15(16)10-11-17(14)18/h1-6,8-11,18H,7H2. The highest BCUT2D eigenvalue weighted by molar-refractivity contribution is 6.10. The zero-order valence-corrected chi connectivity index (χ0v) is 10.4. The van der Waals surface area contributed by atoms with E-state index in [0.29, 0.717) is 6.42 Å². The molecule has 1 unspecified atom stereocenters. The zero-order chi connectivity index (χ0) is 12.8. The molecule has 0 nitrogen and oxygen atoms in total. The van der Waals surface area contributed by atoms with Crippen molar-refractivity contribution in [2.45, 2.75) is 12.6 Å². The maximum Gasteiger partial charge on any atom is 0.129 e. The SMILES string of the molecule is FC1CC=Cc2c1ccc1c2ccc2ccccc21. The Kier molecular flexibility index (Phi) is 2.22. The Bertz CT molecular complexity index is 814. The first-order valence-corrected chi connectivity index (χ1v) is 6.59. The maximum atomic E-state index is 14.0. The van der Waals surface area contributed by atoms with Crippen molar-refractivity contribution >= 4 is 27.6 Å². The summed E-state index contributed by atoms with van der Waals surface area (Å²) >= 11 is 0. The third-order valence-electron chi connectivity index (χ3n) is 3.97. The van der Waals surface area contributed by atoms with E-state index in [1.54, 1.807) is 0 Å². The highest BCUT2D eigenvalue weighted by Crippen LogP contribution is 2.37. The van der Waals surface area contributed by atoms with Gasteiger partial charge in [0.15, 0.2) is 0 Å². The topological polar surface area (TPSA) is 0 Å². The van der Waals surface area contributed by atoms with Gasteiger partial charge < -0.3 is 0 Å². The molecular weight excluding hydrogens is 235 g/mol. The molecule has 0 N–H and O–H groups in total. The highest BCUT2D eigenvalue weighted by atomic mass is 19.1. The van der Waals surface area contributed by atoms with Gasteiger partial charge in [0.2, 0.25) is 0 Å². The number of fused-ring (bicyclic) bond motifs is 5. The molecule has 3 aromatic rings. The Hall–Kier alpha value is -2.15. The van der Waals surface area contributed by atoms with E-state index in [0.717, 1.165) is 16.5 Å². The van der Waals surface area contributed by atoms with E-state index in [-0.39, 0.29) is 0 Å². The van der Waals surface area contributed by atoms with Crippen molar-refractivity contribution in [3.8, 4) is 0 Å². The monoisotopic (exact) mass is 248 g/mol. The number of hydrogen-bond acceptors (Lipinski definition) is 0. The number of benzene rings is 3. The fourth-order valence-corrected chi connectivity index (χ4v) is 3.02. The molecule has 4 rings (SSSR count). The molecule has 19 heavy (non-hydrogen) atoms. The van der Waals surface area contributed by atoms with Crippen LogP contribution in [0.5, 0.6) is 0 Å². The summed E-state index contributed by atoms with van der Waals surface area (Å²) in [5.41, 5.74) is 1.87. The van der Waals surface area contributed by atoms with Crippen LogP contribution in [0.4, 0.5) is 4.39 Å². The first-order valence-electron chi connectivity index (χ1n) is 6.59. The lowest BCUT2D eigenvalue weighted by molar-refractivity contribution is 0.345. The molecule has 1 heteroatoms. The minimum atomic E-state index is -0.865. The van der Waals surface area contributed by atoms with Crippen LogP contribution in [0.2, 0.25) is 0 Å². The summed E-state index contributed by atoms with van der Waals surface area (Å²) in [6.45, 7) is 0. The van der Waals surface area contributed by atoms with Crippen molar-refractivity contribution in [3.63, 3.8) is 0 Å². The van der Waals surface area contributed by atoms with Crippen LogP contribution in [0.15, 0.2) is 54.6 Å². The van der Waals surface area contributed by atoms with Gasteiger partial charge in [0.1, 0.15) is 6.17 Å². The Balaban J connectivity index is 2.17. The fourth-order valence-electron chi connectivity index (χ4n) is 3.02. The van der Waals surface area contributed by atoms with Gasteiger partial charge in [0.05, 0.1) is 0 Å². The van der Waals surface area contributed by atoms with E-state index in [1.807, 2.05) is 18.2 Å². The summed E-state index contributed by atoms with van der Waals surface area (Å²) in [5.74, 6) is 0. The van der Waals surface area contributed by atoms with Crippen LogP contribution in [-0.2, 0) is 0 Å². The van der Waals surface area contributed by atoms with Gasteiger partial charge in [-0.05, 0) is 32.7 Å². The molecule has 0 aliphatic heterocycles. The molecule has 92 valence electrons. The Morgan fingerprint density at radius 2 is 1.68 bits per heavy atom. The summed E-state index contributed by atoms with van der Waals surface area (Å²) in [5, 5.41) is 4.81. The molecule has 0 saturated heterocycles. The van der Waals surface area contributed by atoms with Gasteiger partial charge in [-0.25, -0.2) is 4.39 Å². The first kappa shape index (κ1) is 10.7. The highest BCUT2D eigenvalue weighted by Gasteiger charge is 2.18. The molecule has 1 atom stereocenters. The molecule has 1 aliphatic carbocycles. The second-order valence-electron chi connectivity index (χ2n) is 5.06. The third kappa shape index (κ3) is 1.51. The third-order valence-corrected chi connectivity index (χ3v) is 3.97. The molecule has 0 heterocycles. The second-order valence-corrected chi connectivity index (χ2v) is 5.06. The van der Waals surface area contributed by atoms with Gasteiger partial charge in [-0.3, -0.25) is 0 Å². The van der Waals surface area contributed by atoms with E-state index in [9.17, 15) is 4.39 Å². The van der Waals surface area contributed by atoms with Crippen LogP contribution in [0.3, 0.4) is 0 Å². The average Bonchev–Trinajstić information content (AvgIpc) is 2.47. The number of allylic oxidation sites excluding steroid dienone is 1. The lowest BCUT2D eigenvalue weighted by atomic mass is 9.89. The van der Waals surface area contributed by atoms with Gasteiger partial charge in [0, 0.05) is 6.42 Å². The summed E-state index contributed by atoms with van der Waals surface area (Å²) in [6, 6.07) is 16.6. The molecule has 0 bridgehead atoms. The predicted molar refractivity (Wildman–Crippen MR) is 79.0 cm³/mol. The predicted octanol–water partition coefficient (Wildman–Crippen LogP) is 5.42. The maximum absolute atomic E-state index is 14.0. The molecular formula is C18H13F. The van der Waals surface area contributed by atoms with Crippen LogP contribution >= 0.6 is 0 Å².